The number of carbonyl (C=O) groups excluding carboxylic acids is 1. The van der Waals surface area contributed by atoms with Crippen molar-refractivity contribution in [3.8, 4) is 17.0 Å². The number of rotatable bonds is 7. The van der Waals surface area contributed by atoms with E-state index in [4.69, 9.17) is 21.4 Å². The minimum atomic E-state index is -0.134. The standard InChI is InChI=1S/C22H24ClN3O3/c1-26(2)12-13-4-5-17-14(8-13)9-18(25-17)15-10-19(29-7-3-6-27)21(23)16-11-24-22(28)20(15)16/h4-5,8-10,25,27H,3,6-7,11-12H2,1-2H3,(H,24,28). The summed E-state index contributed by atoms with van der Waals surface area (Å²) in [5.74, 6) is 0.392. The molecule has 0 saturated heterocycles. The Morgan fingerprint density at radius 2 is 2.07 bits per heavy atom. The molecule has 1 aliphatic rings. The number of aromatic amines is 1. The minimum Gasteiger partial charge on any atom is -0.492 e. The summed E-state index contributed by atoms with van der Waals surface area (Å²) in [7, 11) is 4.08. The molecule has 2 aromatic carbocycles. The van der Waals surface area contributed by atoms with E-state index >= 15 is 0 Å². The van der Waals surface area contributed by atoms with Crippen LogP contribution in [0.15, 0.2) is 30.3 Å². The van der Waals surface area contributed by atoms with Crippen LogP contribution >= 0.6 is 11.6 Å². The van der Waals surface area contributed by atoms with Crippen molar-refractivity contribution in [2.75, 3.05) is 27.3 Å². The maximum Gasteiger partial charge on any atom is 0.252 e. The van der Waals surface area contributed by atoms with Gasteiger partial charge in [-0.05, 0) is 43.9 Å². The monoisotopic (exact) mass is 413 g/mol. The second-order valence-corrected chi connectivity index (χ2v) is 7.92. The molecule has 1 aliphatic heterocycles. The maximum atomic E-state index is 12.5. The number of aliphatic hydroxyl groups is 1. The largest absolute Gasteiger partial charge is 0.492 e. The van der Waals surface area contributed by atoms with Gasteiger partial charge in [0, 0.05) is 53.8 Å². The van der Waals surface area contributed by atoms with E-state index in [9.17, 15) is 4.79 Å². The third-order valence-electron chi connectivity index (χ3n) is 5.01. The van der Waals surface area contributed by atoms with Crippen molar-refractivity contribution in [1.82, 2.24) is 15.2 Å². The number of benzene rings is 2. The highest BCUT2D eigenvalue weighted by Crippen LogP contribution is 2.40. The molecule has 152 valence electrons. The zero-order chi connectivity index (χ0) is 20.5. The molecule has 3 aromatic rings. The van der Waals surface area contributed by atoms with Crippen LogP contribution < -0.4 is 10.1 Å². The van der Waals surface area contributed by atoms with E-state index < -0.39 is 0 Å². The Morgan fingerprint density at radius 3 is 2.83 bits per heavy atom. The van der Waals surface area contributed by atoms with Crippen molar-refractivity contribution in [3.63, 3.8) is 0 Å². The number of nitrogens with one attached hydrogen (secondary N) is 2. The number of carbonyl (C=O) groups is 1. The van der Waals surface area contributed by atoms with Crippen LogP contribution in [0.2, 0.25) is 5.02 Å². The Labute approximate surface area is 174 Å². The summed E-state index contributed by atoms with van der Waals surface area (Å²) in [6.45, 7) is 1.64. The van der Waals surface area contributed by atoms with Gasteiger partial charge in [-0.3, -0.25) is 4.79 Å². The van der Waals surface area contributed by atoms with Crippen molar-refractivity contribution in [3.05, 3.63) is 52.0 Å². The average Bonchev–Trinajstić information content (AvgIpc) is 3.27. The SMILES string of the molecule is CN(C)Cc1ccc2[nH]c(-c3cc(OCCCO)c(Cl)c4c3C(=O)NC4)cc2c1. The maximum absolute atomic E-state index is 12.5. The van der Waals surface area contributed by atoms with Gasteiger partial charge < -0.3 is 25.0 Å². The third-order valence-corrected chi connectivity index (χ3v) is 5.43. The Balaban J connectivity index is 1.80. The van der Waals surface area contributed by atoms with E-state index in [1.807, 2.05) is 20.2 Å². The fourth-order valence-corrected chi connectivity index (χ4v) is 4.00. The van der Waals surface area contributed by atoms with Crippen molar-refractivity contribution >= 4 is 28.4 Å². The van der Waals surface area contributed by atoms with Crippen molar-refractivity contribution in [2.24, 2.45) is 0 Å². The van der Waals surface area contributed by atoms with E-state index in [1.54, 1.807) is 0 Å². The Bertz CT molecular complexity index is 1070. The van der Waals surface area contributed by atoms with Crippen LogP contribution in [0.5, 0.6) is 5.75 Å². The van der Waals surface area contributed by atoms with E-state index in [-0.39, 0.29) is 12.5 Å². The number of nitrogens with zero attached hydrogens (tertiary/aromatic N) is 1. The highest BCUT2D eigenvalue weighted by atomic mass is 35.5. The van der Waals surface area contributed by atoms with Gasteiger partial charge >= 0.3 is 0 Å². The number of ether oxygens (including phenoxy) is 1. The van der Waals surface area contributed by atoms with E-state index in [0.717, 1.165) is 34.3 Å². The number of amides is 1. The molecule has 6 nitrogen and oxygen atoms in total. The molecule has 7 heteroatoms. The van der Waals surface area contributed by atoms with Gasteiger partial charge in [0.25, 0.3) is 5.91 Å². The molecule has 0 atom stereocenters. The zero-order valence-electron chi connectivity index (χ0n) is 16.5. The first kappa shape index (κ1) is 19.8. The molecule has 0 bridgehead atoms. The van der Waals surface area contributed by atoms with Crippen LogP contribution in [-0.4, -0.2) is 48.2 Å². The summed E-state index contributed by atoms with van der Waals surface area (Å²) < 4.78 is 5.79. The predicted molar refractivity (Wildman–Crippen MR) is 115 cm³/mol. The van der Waals surface area contributed by atoms with Gasteiger partial charge in [0.2, 0.25) is 0 Å². The molecule has 3 N–H and O–H groups in total. The van der Waals surface area contributed by atoms with Gasteiger partial charge in [-0.2, -0.15) is 0 Å². The van der Waals surface area contributed by atoms with Crippen LogP contribution in [0, 0.1) is 0 Å². The smallest absolute Gasteiger partial charge is 0.252 e. The summed E-state index contributed by atoms with van der Waals surface area (Å²) in [5.41, 5.74) is 5.18. The molecule has 2 heterocycles. The fourth-order valence-electron chi connectivity index (χ4n) is 3.72. The summed E-state index contributed by atoms with van der Waals surface area (Å²) in [5, 5.41) is 13.4. The molecular weight excluding hydrogens is 390 g/mol. The zero-order valence-corrected chi connectivity index (χ0v) is 17.3. The third kappa shape index (κ3) is 3.83. The van der Waals surface area contributed by atoms with E-state index in [1.165, 1.54) is 5.56 Å². The lowest BCUT2D eigenvalue weighted by molar-refractivity contribution is 0.0966. The number of aliphatic hydroxyl groups excluding tert-OH is 1. The molecule has 0 fully saturated rings. The Morgan fingerprint density at radius 1 is 1.24 bits per heavy atom. The second kappa shape index (κ2) is 8.06. The number of hydrogen-bond donors (Lipinski definition) is 3. The lowest BCUT2D eigenvalue weighted by Crippen LogP contribution is -2.13. The molecular formula is C22H24ClN3O3. The van der Waals surface area contributed by atoms with Gasteiger partial charge in [0.05, 0.1) is 17.2 Å². The van der Waals surface area contributed by atoms with Crippen LogP contribution in [-0.2, 0) is 13.1 Å². The Kier molecular flexibility index (Phi) is 5.50. The molecule has 0 radical (unpaired) electrons. The normalized spacial score (nSPS) is 13.2. The fraction of sp³-hybridized carbons (Fsp3) is 0.318. The molecule has 0 spiro atoms. The molecule has 0 aliphatic carbocycles. The topological polar surface area (TPSA) is 77.6 Å². The minimum absolute atomic E-state index is 0.0484. The van der Waals surface area contributed by atoms with Gasteiger partial charge in [-0.1, -0.05) is 17.7 Å². The summed E-state index contributed by atoms with van der Waals surface area (Å²) in [4.78, 5) is 18.1. The quantitative estimate of drug-likeness (QED) is 0.517. The molecule has 0 saturated carbocycles. The molecule has 29 heavy (non-hydrogen) atoms. The van der Waals surface area contributed by atoms with Crippen LogP contribution in [0.1, 0.15) is 27.9 Å². The summed E-state index contributed by atoms with van der Waals surface area (Å²) >= 11 is 6.51. The predicted octanol–water partition coefficient (Wildman–Crippen LogP) is 3.55. The molecule has 4 rings (SSSR count). The molecule has 1 amide bonds. The number of aromatic nitrogens is 1. The molecule has 0 unspecified atom stereocenters. The van der Waals surface area contributed by atoms with E-state index in [2.05, 4.69) is 39.5 Å². The van der Waals surface area contributed by atoms with Gasteiger partial charge in [-0.15, -0.1) is 0 Å². The van der Waals surface area contributed by atoms with Crippen LogP contribution in [0.4, 0.5) is 0 Å². The van der Waals surface area contributed by atoms with Gasteiger partial charge in [-0.25, -0.2) is 0 Å². The van der Waals surface area contributed by atoms with Gasteiger partial charge in [0.1, 0.15) is 5.75 Å². The van der Waals surface area contributed by atoms with Crippen LogP contribution in [0.25, 0.3) is 22.2 Å². The lowest BCUT2D eigenvalue weighted by Gasteiger charge is -2.13. The first-order chi connectivity index (χ1) is 14.0. The first-order valence-corrected chi connectivity index (χ1v) is 9.99. The first-order valence-electron chi connectivity index (χ1n) is 9.62. The van der Waals surface area contributed by atoms with Crippen molar-refractivity contribution in [2.45, 2.75) is 19.5 Å². The highest BCUT2D eigenvalue weighted by molar-refractivity contribution is 6.34. The highest BCUT2D eigenvalue weighted by Gasteiger charge is 2.29. The van der Waals surface area contributed by atoms with Crippen molar-refractivity contribution in [1.29, 1.82) is 0 Å². The molecule has 1 aromatic heterocycles. The van der Waals surface area contributed by atoms with Crippen LogP contribution in [0.3, 0.4) is 0 Å². The van der Waals surface area contributed by atoms with E-state index in [0.29, 0.717) is 35.9 Å². The van der Waals surface area contributed by atoms with Crippen molar-refractivity contribution < 1.29 is 14.6 Å². The number of fused-ring (bicyclic) bond motifs is 2. The number of halogens is 1. The number of hydrogen-bond acceptors (Lipinski definition) is 4. The number of H-pyrrole nitrogens is 1. The van der Waals surface area contributed by atoms with Gasteiger partial charge in [0.15, 0.2) is 0 Å². The lowest BCUT2D eigenvalue weighted by atomic mass is 9.99. The summed E-state index contributed by atoms with van der Waals surface area (Å²) in [6.07, 6.45) is 0.515. The second-order valence-electron chi connectivity index (χ2n) is 7.54. The Hall–Kier alpha value is -2.54. The summed E-state index contributed by atoms with van der Waals surface area (Å²) in [6, 6.07) is 10.2. The average molecular weight is 414 g/mol.